The van der Waals surface area contributed by atoms with Crippen molar-refractivity contribution in [1.82, 2.24) is 20.1 Å². The van der Waals surface area contributed by atoms with Gasteiger partial charge in [0.2, 0.25) is 5.91 Å². The number of carbonyl (C=O) groups excluding carboxylic acids is 1. The highest BCUT2D eigenvalue weighted by Gasteiger charge is 2.29. The van der Waals surface area contributed by atoms with Crippen LogP contribution in [-0.4, -0.2) is 47.1 Å². The first-order valence-electron chi connectivity index (χ1n) is 7.41. The van der Waals surface area contributed by atoms with E-state index in [0.717, 1.165) is 31.0 Å². The highest BCUT2D eigenvalue weighted by molar-refractivity contribution is 7.91. The number of carbonyl (C=O) groups is 1. The van der Waals surface area contributed by atoms with Gasteiger partial charge in [0, 0.05) is 32.4 Å². The van der Waals surface area contributed by atoms with E-state index >= 15 is 0 Å². The Morgan fingerprint density at radius 1 is 1.38 bits per heavy atom. The van der Waals surface area contributed by atoms with Gasteiger partial charge in [-0.1, -0.05) is 0 Å². The molecule has 2 aliphatic heterocycles. The maximum Gasteiger partial charge on any atom is 0.220 e. The number of fused-ring (bicyclic) bond motifs is 1. The van der Waals surface area contributed by atoms with Gasteiger partial charge in [-0.15, -0.1) is 10.2 Å². The van der Waals surface area contributed by atoms with E-state index in [9.17, 15) is 13.2 Å². The van der Waals surface area contributed by atoms with Gasteiger partial charge in [-0.2, -0.15) is 0 Å². The monoisotopic (exact) mass is 312 g/mol. The van der Waals surface area contributed by atoms with Gasteiger partial charge < -0.3 is 9.88 Å². The number of aromatic nitrogens is 3. The lowest BCUT2D eigenvalue weighted by atomic mass is 10.1. The zero-order valence-corrected chi connectivity index (χ0v) is 12.7. The molecule has 0 saturated carbocycles. The van der Waals surface area contributed by atoms with E-state index in [4.69, 9.17) is 0 Å². The Balaban J connectivity index is 1.42. The predicted molar refractivity (Wildman–Crippen MR) is 76.4 cm³/mol. The summed E-state index contributed by atoms with van der Waals surface area (Å²) < 4.78 is 24.8. The maximum atomic E-state index is 11.8. The lowest BCUT2D eigenvalue weighted by Gasteiger charge is -2.08. The van der Waals surface area contributed by atoms with E-state index < -0.39 is 9.84 Å². The molecular formula is C13H20N4O3S. The summed E-state index contributed by atoms with van der Waals surface area (Å²) in [6.45, 7) is 1.49. The number of sulfone groups is 1. The molecule has 0 aromatic carbocycles. The van der Waals surface area contributed by atoms with Gasteiger partial charge in [0.05, 0.1) is 11.5 Å². The number of hydrogen-bond donors (Lipinski definition) is 1. The molecule has 116 valence electrons. The van der Waals surface area contributed by atoms with Crippen molar-refractivity contribution in [2.75, 3.05) is 18.1 Å². The molecule has 3 heterocycles. The Morgan fingerprint density at radius 2 is 2.24 bits per heavy atom. The normalized spacial score (nSPS) is 23.1. The second-order valence-electron chi connectivity index (χ2n) is 5.86. The summed E-state index contributed by atoms with van der Waals surface area (Å²) in [7, 11) is -2.91. The molecule has 1 amide bonds. The van der Waals surface area contributed by atoms with Gasteiger partial charge in [0.15, 0.2) is 9.84 Å². The van der Waals surface area contributed by atoms with Gasteiger partial charge in [-0.25, -0.2) is 8.42 Å². The van der Waals surface area contributed by atoms with Crippen LogP contribution in [0, 0.1) is 5.92 Å². The Morgan fingerprint density at radius 3 is 3.00 bits per heavy atom. The summed E-state index contributed by atoms with van der Waals surface area (Å²) in [4.78, 5) is 11.8. The fourth-order valence-electron chi connectivity index (χ4n) is 3.08. The molecule has 8 heteroatoms. The quantitative estimate of drug-likeness (QED) is 0.806. The first-order chi connectivity index (χ1) is 10.0. The molecule has 7 nitrogen and oxygen atoms in total. The summed E-state index contributed by atoms with van der Waals surface area (Å²) in [6.07, 6.45) is 3.67. The lowest BCUT2D eigenvalue weighted by molar-refractivity contribution is -0.121. The van der Waals surface area contributed by atoms with Crippen molar-refractivity contribution in [2.45, 2.75) is 38.6 Å². The van der Waals surface area contributed by atoms with Crippen LogP contribution in [0.5, 0.6) is 0 Å². The van der Waals surface area contributed by atoms with Crippen LogP contribution in [0.15, 0.2) is 0 Å². The minimum atomic E-state index is -2.91. The van der Waals surface area contributed by atoms with E-state index in [2.05, 4.69) is 20.1 Å². The molecule has 0 aliphatic carbocycles. The van der Waals surface area contributed by atoms with E-state index in [-0.39, 0.29) is 23.3 Å². The van der Waals surface area contributed by atoms with Crippen LogP contribution >= 0.6 is 0 Å². The van der Waals surface area contributed by atoms with E-state index in [1.807, 2.05) is 0 Å². The highest BCUT2D eigenvalue weighted by atomic mass is 32.2. The zero-order chi connectivity index (χ0) is 14.9. The second kappa shape index (κ2) is 5.75. The Hall–Kier alpha value is -1.44. The minimum absolute atomic E-state index is 0.0210. The molecule has 1 saturated heterocycles. The molecule has 0 radical (unpaired) electrons. The predicted octanol–water partition coefficient (Wildman–Crippen LogP) is -0.292. The summed E-state index contributed by atoms with van der Waals surface area (Å²) in [5, 5.41) is 11.1. The molecule has 0 spiro atoms. The third-order valence-corrected chi connectivity index (χ3v) is 5.99. The summed E-state index contributed by atoms with van der Waals surface area (Å²) in [6, 6.07) is 0. The first-order valence-corrected chi connectivity index (χ1v) is 9.24. The summed E-state index contributed by atoms with van der Waals surface area (Å²) in [5.41, 5.74) is 0. The van der Waals surface area contributed by atoms with Crippen molar-refractivity contribution in [3.63, 3.8) is 0 Å². The van der Waals surface area contributed by atoms with Crippen LogP contribution in [0.2, 0.25) is 0 Å². The Labute approximate surface area is 124 Å². The standard InChI is InChI=1S/C13H20N4O3S/c18-13(8-10-4-7-21(19,20)9-10)14-5-3-12-16-15-11-2-1-6-17(11)12/h10H,1-9H2,(H,14,18)/t10-/m1/s1. The van der Waals surface area contributed by atoms with Crippen LogP contribution in [-0.2, 0) is 34.0 Å². The molecule has 21 heavy (non-hydrogen) atoms. The van der Waals surface area contributed by atoms with E-state index in [1.165, 1.54) is 0 Å². The van der Waals surface area contributed by atoms with Crippen LogP contribution in [0.3, 0.4) is 0 Å². The van der Waals surface area contributed by atoms with Gasteiger partial charge >= 0.3 is 0 Å². The molecule has 1 fully saturated rings. The first kappa shape index (κ1) is 14.5. The van der Waals surface area contributed by atoms with E-state index in [1.54, 1.807) is 0 Å². The van der Waals surface area contributed by atoms with Crippen molar-refractivity contribution in [2.24, 2.45) is 5.92 Å². The van der Waals surface area contributed by atoms with Crippen molar-refractivity contribution in [1.29, 1.82) is 0 Å². The molecule has 1 aromatic rings. The minimum Gasteiger partial charge on any atom is -0.356 e. The van der Waals surface area contributed by atoms with Gasteiger partial charge in [0.25, 0.3) is 0 Å². The summed E-state index contributed by atoms with van der Waals surface area (Å²) in [5.74, 6) is 2.24. The Bertz CT molecular complexity index is 638. The summed E-state index contributed by atoms with van der Waals surface area (Å²) >= 11 is 0. The molecule has 2 aliphatic rings. The zero-order valence-electron chi connectivity index (χ0n) is 11.9. The van der Waals surface area contributed by atoms with Gasteiger partial charge in [-0.05, 0) is 18.8 Å². The fraction of sp³-hybridized carbons (Fsp3) is 0.769. The highest BCUT2D eigenvalue weighted by Crippen LogP contribution is 2.21. The second-order valence-corrected chi connectivity index (χ2v) is 8.09. The molecule has 3 rings (SSSR count). The third kappa shape index (κ3) is 3.42. The van der Waals surface area contributed by atoms with Gasteiger partial charge in [-0.3, -0.25) is 4.79 Å². The third-order valence-electron chi connectivity index (χ3n) is 4.16. The van der Waals surface area contributed by atoms with Crippen molar-refractivity contribution >= 4 is 15.7 Å². The van der Waals surface area contributed by atoms with Crippen molar-refractivity contribution in [3.05, 3.63) is 11.6 Å². The average Bonchev–Trinajstić information content (AvgIpc) is 3.07. The topological polar surface area (TPSA) is 93.9 Å². The number of nitrogens with zero attached hydrogens (tertiary/aromatic N) is 3. The number of nitrogens with one attached hydrogen (secondary N) is 1. The number of aryl methyl sites for hydroxylation is 1. The fourth-order valence-corrected chi connectivity index (χ4v) is 4.94. The molecule has 0 bridgehead atoms. The Kier molecular flexibility index (Phi) is 3.97. The number of rotatable bonds is 5. The van der Waals surface area contributed by atoms with Crippen LogP contribution in [0.4, 0.5) is 0 Å². The lowest BCUT2D eigenvalue weighted by Crippen LogP contribution is -2.28. The van der Waals surface area contributed by atoms with Crippen molar-refractivity contribution in [3.8, 4) is 0 Å². The van der Waals surface area contributed by atoms with E-state index in [0.29, 0.717) is 25.8 Å². The smallest absolute Gasteiger partial charge is 0.220 e. The number of hydrogen-bond acceptors (Lipinski definition) is 5. The van der Waals surface area contributed by atoms with Crippen molar-refractivity contribution < 1.29 is 13.2 Å². The van der Waals surface area contributed by atoms with Crippen LogP contribution in [0.25, 0.3) is 0 Å². The van der Waals surface area contributed by atoms with Gasteiger partial charge in [0.1, 0.15) is 11.6 Å². The molecule has 1 aromatic heterocycles. The molecule has 0 unspecified atom stereocenters. The molecule has 1 atom stereocenters. The SMILES string of the molecule is O=C(C[C@H]1CCS(=O)(=O)C1)NCCc1nnc2n1CCC2. The molecule has 1 N–H and O–H groups in total. The van der Waals surface area contributed by atoms with Crippen LogP contribution in [0.1, 0.15) is 30.9 Å². The average molecular weight is 312 g/mol. The molecular weight excluding hydrogens is 292 g/mol. The van der Waals surface area contributed by atoms with Crippen LogP contribution < -0.4 is 5.32 Å². The largest absolute Gasteiger partial charge is 0.356 e. The maximum absolute atomic E-state index is 11.8. The number of amides is 1.